The topological polar surface area (TPSA) is 38.5 Å². The lowest BCUT2D eigenvalue weighted by Crippen LogP contribution is -2.50. The zero-order valence-electron chi connectivity index (χ0n) is 13.1. The van der Waals surface area contributed by atoms with E-state index in [2.05, 4.69) is 25.7 Å². The van der Waals surface area contributed by atoms with Crippen molar-refractivity contribution in [3.63, 3.8) is 0 Å². The van der Waals surface area contributed by atoms with Gasteiger partial charge in [-0.3, -0.25) is 0 Å². The third kappa shape index (κ3) is 3.93. The number of piperidine rings is 1. The van der Waals surface area contributed by atoms with Crippen LogP contribution in [0.15, 0.2) is 0 Å². The van der Waals surface area contributed by atoms with Crippen LogP contribution >= 0.6 is 0 Å². The number of hydrogen-bond acceptors (Lipinski definition) is 3. The van der Waals surface area contributed by atoms with E-state index >= 15 is 0 Å². The molecule has 2 heterocycles. The van der Waals surface area contributed by atoms with E-state index < -0.39 is 0 Å². The van der Waals surface area contributed by atoms with Crippen molar-refractivity contribution in [3.8, 4) is 0 Å². The normalized spacial score (nSPS) is 31.6. The van der Waals surface area contributed by atoms with Gasteiger partial charge in [0.15, 0.2) is 0 Å². The van der Waals surface area contributed by atoms with Crippen LogP contribution in [0.5, 0.6) is 0 Å². The Bertz CT molecular complexity index is 271. The van der Waals surface area contributed by atoms with Gasteiger partial charge in [0.1, 0.15) is 0 Å². The smallest absolute Gasteiger partial charge is 0.0546 e. The quantitative estimate of drug-likeness (QED) is 0.854. The number of nitrogens with two attached hydrogens (primary N) is 1. The van der Waals surface area contributed by atoms with Crippen molar-refractivity contribution in [2.24, 2.45) is 22.5 Å². The molecule has 0 saturated carbocycles. The lowest BCUT2D eigenvalue weighted by molar-refractivity contribution is -0.0295. The molecule has 0 aromatic heterocycles. The monoisotopic (exact) mass is 268 g/mol. The van der Waals surface area contributed by atoms with Crippen LogP contribution in [0.2, 0.25) is 0 Å². The summed E-state index contributed by atoms with van der Waals surface area (Å²) < 4.78 is 5.69. The second kappa shape index (κ2) is 6.11. The Morgan fingerprint density at radius 1 is 1.26 bits per heavy atom. The van der Waals surface area contributed by atoms with E-state index in [1.54, 1.807) is 0 Å². The second-order valence-corrected chi connectivity index (χ2v) is 7.78. The predicted molar refractivity (Wildman–Crippen MR) is 80.2 cm³/mol. The molecule has 2 N–H and O–H groups in total. The average Bonchev–Trinajstić information content (AvgIpc) is 2.39. The molecule has 3 nitrogen and oxygen atoms in total. The molecule has 2 aliphatic heterocycles. The molecule has 112 valence electrons. The summed E-state index contributed by atoms with van der Waals surface area (Å²) in [5, 5.41) is 0. The van der Waals surface area contributed by atoms with Gasteiger partial charge in [0.2, 0.25) is 0 Å². The Morgan fingerprint density at radius 3 is 2.42 bits per heavy atom. The number of hydrogen-bond donors (Lipinski definition) is 1. The summed E-state index contributed by atoms with van der Waals surface area (Å²) in [6.45, 7) is 13.3. The van der Waals surface area contributed by atoms with Gasteiger partial charge < -0.3 is 15.4 Å². The molecule has 2 aliphatic rings. The molecule has 3 heteroatoms. The molecule has 0 bridgehead atoms. The Kier molecular flexibility index (Phi) is 4.91. The van der Waals surface area contributed by atoms with Crippen molar-refractivity contribution in [2.75, 3.05) is 39.4 Å². The van der Waals surface area contributed by atoms with Gasteiger partial charge in [-0.1, -0.05) is 20.8 Å². The van der Waals surface area contributed by atoms with Crippen LogP contribution in [-0.2, 0) is 4.74 Å². The van der Waals surface area contributed by atoms with E-state index in [4.69, 9.17) is 10.5 Å². The fourth-order valence-corrected chi connectivity index (χ4v) is 3.69. The Labute approximate surface area is 118 Å². The maximum Gasteiger partial charge on any atom is 0.0546 e. The molecule has 1 unspecified atom stereocenters. The van der Waals surface area contributed by atoms with Gasteiger partial charge in [-0.2, -0.15) is 0 Å². The van der Waals surface area contributed by atoms with Crippen molar-refractivity contribution < 1.29 is 4.74 Å². The van der Waals surface area contributed by atoms with E-state index in [0.29, 0.717) is 5.41 Å². The summed E-state index contributed by atoms with van der Waals surface area (Å²) in [7, 11) is 0. The molecule has 1 atom stereocenters. The Hall–Kier alpha value is -0.120. The SMILES string of the molecule is CC(C)(C)C1CCN(CC2(CN)CCCOC2)CC1. The Balaban J connectivity index is 1.84. The van der Waals surface area contributed by atoms with Crippen LogP contribution in [0.25, 0.3) is 0 Å². The summed E-state index contributed by atoms with van der Waals surface area (Å²) in [4.78, 5) is 2.63. The van der Waals surface area contributed by atoms with Crippen LogP contribution < -0.4 is 5.73 Å². The minimum Gasteiger partial charge on any atom is -0.381 e. The minimum atomic E-state index is 0.229. The standard InChI is InChI=1S/C16H32N2O/c1-15(2,3)14-5-8-18(9-6-14)12-16(11-17)7-4-10-19-13-16/h14H,4-13,17H2,1-3H3. The van der Waals surface area contributed by atoms with Gasteiger partial charge >= 0.3 is 0 Å². The summed E-state index contributed by atoms with van der Waals surface area (Å²) in [5.41, 5.74) is 6.74. The van der Waals surface area contributed by atoms with Gasteiger partial charge in [0, 0.05) is 25.1 Å². The van der Waals surface area contributed by atoms with E-state index in [1.807, 2.05) is 0 Å². The van der Waals surface area contributed by atoms with Crippen molar-refractivity contribution in [2.45, 2.75) is 46.5 Å². The first-order valence-electron chi connectivity index (χ1n) is 7.95. The lowest BCUT2D eigenvalue weighted by Gasteiger charge is -2.44. The van der Waals surface area contributed by atoms with E-state index in [-0.39, 0.29) is 5.41 Å². The van der Waals surface area contributed by atoms with Crippen LogP contribution in [0.3, 0.4) is 0 Å². The highest BCUT2D eigenvalue weighted by Gasteiger charge is 2.36. The molecule has 0 amide bonds. The molecule has 0 aromatic rings. The van der Waals surface area contributed by atoms with E-state index in [1.165, 1.54) is 38.8 Å². The number of likely N-dealkylation sites (tertiary alicyclic amines) is 1. The van der Waals surface area contributed by atoms with Crippen LogP contribution in [0.1, 0.15) is 46.5 Å². The van der Waals surface area contributed by atoms with Crippen molar-refractivity contribution >= 4 is 0 Å². The molecule has 0 radical (unpaired) electrons. The minimum absolute atomic E-state index is 0.229. The third-order valence-electron chi connectivity index (χ3n) is 5.21. The lowest BCUT2D eigenvalue weighted by atomic mass is 9.74. The number of rotatable bonds is 3. The molecule has 0 aromatic carbocycles. The first-order chi connectivity index (χ1) is 8.95. The van der Waals surface area contributed by atoms with Crippen molar-refractivity contribution in [1.82, 2.24) is 4.90 Å². The summed E-state index contributed by atoms with van der Waals surface area (Å²) in [5.74, 6) is 0.875. The van der Waals surface area contributed by atoms with Crippen molar-refractivity contribution in [3.05, 3.63) is 0 Å². The second-order valence-electron chi connectivity index (χ2n) is 7.78. The molecule has 2 saturated heterocycles. The van der Waals surface area contributed by atoms with Crippen LogP contribution in [-0.4, -0.2) is 44.3 Å². The maximum absolute atomic E-state index is 6.05. The zero-order valence-corrected chi connectivity index (χ0v) is 13.1. The number of ether oxygens (including phenoxy) is 1. The van der Waals surface area contributed by atoms with E-state index in [0.717, 1.165) is 32.2 Å². The predicted octanol–water partition coefficient (Wildman–Crippen LogP) is 2.50. The van der Waals surface area contributed by atoms with Crippen LogP contribution in [0, 0.1) is 16.7 Å². The van der Waals surface area contributed by atoms with Gasteiger partial charge in [-0.15, -0.1) is 0 Å². The first-order valence-corrected chi connectivity index (χ1v) is 7.95. The molecular weight excluding hydrogens is 236 g/mol. The summed E-state index contributed by atoms with van der Waals surface area (Å²) >= 11 is 0. The third-order valence-corrected chi connectivity index (χ3v) is 5.21. The molecule has 2 rings (SSSR count). The highest BCUT2D eigenvalue weighted by molar-refractivity contribution is 4.88. The fourth-order valence-electron chi connectivity index (χ4n) is 3.69. The van der Waals surface area contributed by atoms with Gasteiger partial charge in [0.25, 0.3) is 0 Å². The molecule has 2 fully saturated rings. The van der Waals surface area contributed by atoms with E-state index in [9.17, 15) is 0 Å². The first kappa shape index (κ1) is 15.3. The molecular formula is C16H32N2O. The fraction of sp³-hybridized carbons (Fsp3) is 1.00. The highest BCUT2D eigenvalue weighted by atomic mass is 16.5. The zero-order chi connectivity index (χ0) is 13.9. The van der Waals surface area contributed by atoms with Gasteiger partial charge in [0.05, 0.1) is 6.61 Å². The average molecular weight is 268 g/mol. The maximum atomic E-state index is 6.05. The van der Waals surface area contributed by atoms with Crippen LogP contribution in [0.4, 0.5) is 0 Å². The molecule has 19 heavy (non-hydrogen) atoms. The summed E-state index contributed by atoms with van der Waals surface area (Å²) in [6, 6.07) is 0. The number of nitrogens with zero attached hydrogens (tertiary/aromatic N) is 1. The highest BCUT2D eigenvalue weighted by Crippen LogP contribution is 2.36. The van der Waals surface area contributed by atoms with Crippen molar-refractivity contribution in [1.29, 1.82) is 0 Å². The molecule has 0 aliphatic carbocycles. The van der Waals surface area contributed by atoms with Gasteiger partial charge in [-0.25, -0.2) is 0 Å². The largest absolute Gasteiger partial charge is 0.381 e. The summed E-state index contributed by atoms with van der Waals surface area (Å²) in [6.07, 6.45) is 5.09. The van der Waals surface area contributed by atoms with Gasteiger partial charge in [-0.05, 0) is 50.1 Å². The molecule has 0 spiro atoms. The Morgan fingerprint density at radius 2 is 1.95 bits per heavy atom.